The first kappa shape index (κ1) is 8.74. The molecule has 1 aliphatic rings. The zero-order valence-electron chi connectivity index (χ0n) is 6.73. The summed E-state index contributed by atoms with van der Waals surface area (Å²) in [5.74, 6) is 0.555. The summed E-state index contributed by atoms with van der Waals surface area (Å²) in [4.78, 5) is 0. The molecule has 1 aromatic heterocycles. The molecule has 1 aromatic rings. The van der Waals surface area contributed by atoms with Crippen LogP contribution in [-0.2, 0) is 10.1 Å². The minimum atomic E-state index is -4.19. The van der Waals surface area contributed by atoms with Crippen molar-refractivity contribution in [3.63, 3.8) is 0 Å². The molecule has 1 fully saturated rings. The standard InChI is InChI=1S/C7H9NO4S/c9-13(10,11)7-2-1-6(12-7)5-3-4-8-5/h1-2,5,8H,3-4H2,(H,9,10,11). The van der Waals surface area contributed by atoms with Gasteiger partial charge < -0.3 is 9.73 Å². The van der Waals surface area contributed by atoms with E-state index in [9.17, 15) is 8.42 Å². The molecule has 0 amide bonds. The van der Waals surface area contributed by atoms with Gasteiger partial charge in [0.25, 0.3) is 0 Å². The summed E-state index contributed by atoms with van der Waals surface area (Å²) in [5, 5.41) is 2.66. The van der Waals surface area contributed by atoms with E-state index in [2.05, 4.69) is 5.32 Å². The molecule has 2 rings (SSSR count). The van der Waals surface area contributed by atoms with E-state index in [1.807, 2.05) is 0 Å². The first-order valence-electron chi connectivity index (χ1n) is 3.88. The van der Waals surface area contributed by atoms with Gasteiger partial charge in [0.15, 0.2) is 0 Å². The Morgan fingerprint density at radius 3 is 2.62 bits per heavy atom. The molecular formula is C7H9NO4S. The Labute approximate surface area is 75.5 Å². The van der Waals surface area contributed by atoms with Crippen molar-refractivity contribution >= 4 is 10.1 Å². The van der Waals surface area contributed by atoms with Gasteiger partial charge in [-0.1, -0.05) is 0 Å². The Kier molecular flexibility index (Phi) is 1.90. The van der Waals surface area contributed by atoms with Crippen LogP contribution in [0.3, 0.4) is 0 Å². The van der Waals surface area contributed by atoms with Crippen LogP contribution in [0.4, 0.5) is 0 Å². The van der Waals surface area contributed by atoms with Crippen LogP contribution in [0.15, 0.2) is 21.6 Å². The van der Waals surface area contributed by atoms with E-state index in [1.165, 1.54) is 6.07 Å². The van der Waals surface area contributed by atoms with Crippen molar-refractivity contribution in [1.82, 2.24) is 5.32 Å². The summed E-state index contributed by atoms with van der Waals surface area (Å²) in [6.45, 7) is 0.909. The Balaban J connectivity index is 2.27. The summed E-state index contributed by atoms with van der Waals surface area (Å²) in [7, 11) is -4.19. The van der Waals surface area contributed by atoms with Gasteiger partial charge in [-0.05, 0) is 25.1 Å². The van der Waals surface area contributed by atoms with Gasteiger partial charge in [-0.2, -0.15) is 8.42 Å². The molecule has 6 heteroatoms. The van der Waals surface area contributed by atoms with E-state index in [-0.39, 0.29) is 6.04 Å². The maximum atomic E-state index is 10.6. The molecule has 1 aliphatic heterocycles. The molecule has 0 bridgehead atoms. The molecule has 5 nitrogen and oxygen atoms in total. The Morgan fingerprint density at radius 2 is 2.23 bits per heavy atom. The molecule has 1 unspecified atom stereocenters. The number of furan rings is 1. The quantitative estimate of drug-likeness (QED) is 0.686. The van der Waals surface area contributed by atoms with Crippen molar-refractivity contribution in [2.45, 2.75) is 17.6 Å². The molecule has 1 saturated heterocycles. The van der Waals surface area contributed by atoms with Crippen LogP contribution in [-0.4, -0.2) is 19.5 Å². The third-order valence-corrected chi connectivity index (χ3v) is 2.75. The third-order valence-electron chi connectivity index (χ3n) is 2.02. The molecule has 72 valence electrons. The first-order valence-corrected chi connectivity index (χ1v) is 5.32. The number of rotatable bonds is 2. The topological polar surface area (TPSA) is 79.5 Å². The highest BCUT2D eigenvalue weighted by molar-refractivity contribution is 7.85. The molecule has 1 atom stereocenters. The molecule has 0 spiro atoms. The molecule has 0 saturated carbocycles. The second-order valence-electron chi connectivity index (χ2n) is 2.93. The van der Waals surface area contributed by atoms with Crippen LogP contribution in [0.1, 0.15) is 18.2 Å². The van der Waals surface area contributed by atoms with Gasteiger partial charge in [-0.15, -0.1) is 0 Å². The maximum absolute atomic E-state index is 10.6. The Morgan fingerprint density at radius 1 is 1.54 bits per heavy atom. The summed E-state index contributed by atoms with van der Waals surface area (Å²) in [6.07, 6.45) is 0.929. The first-order chi connectivity index (χ1) is 6.07. The third kappa shape index (κ3) is 1.60. The lowest BCUT2D eigenvalue weighted by molar-refractivity contribution is 0.291. The van der Waals surface area contributed by atoms with E-state index in [0.717, 1.165) is 13.0 Å². The fourth-order valence-electron chi connectivity index (χ4n) is 1.19. The number of hydrogen-bond acceptors (Lipinski definition) is 4. The van der Waals surface area contributed by atoms with Crippen LogP contribution < -0.4 is 5.32 Å². The van der Waals surface area contributed by atoms with E-state index in [1.54, 1.807) is 6.07 Å². The van der Waals surface area contributed by atoms with Crippen LogP contribution in [0.5, 0.6) is 0 Å². The molecular weight excluding hydrogens is 194 g/mol. The highest BCUT2D eigenvalue weighted by Gasteiger charge is 2.24. The van der Waals surface area contributed by atoms with E-state index < -0.39 is 15.2 Å². The highest BCUT2D eigenvalue weighted by atomic mass is 32.2. The summed E-state index contributed by atoms with van der Waals surface area (Å²) < 4.78 is 34.8. The monoisotopic (exact) mass is 203 g/mol. The second-order valence-corrected chi connectivity index (χ2v) is 4.28. The minimum Gasteiger partial charge on any atom is -0.446 e. The SMILES string of the molecule is O=S(=O)(O)c1ccc(C2CCN2)o1. The normalized spacial score (nSPS) is 22.7. The van der Waals surface area contributed by atoms with Crippen molar-refractivity contribution in [3.8, 4) is 0 Å². The summed E-state index contributed by atoms with van der Waals surface area (Å²) in [6, 6.07) is 2.90. The average Bonchev–Trinajstić information content (AvgIpc) is 2.29. The lowest BCUT2D eigenvalue weighted by atomic mass is 10.1. The average molecular weight is 203 g/mol. The summed E-state index contributed by atoms with van der Waals surface area (Å²) in [5.41, 5.74) is 0. The van der Waals surface area contributed by atoms with Crippen LogP contribution in [0, 0.1) is 0 Å². The zero-order chi connectivity index (χ0) is 9.47. The molecule has 0 aromatic carbocycles. The van der Waals surface area contributed by atoms with Crippen LogP contribution in [0.2, 0.25) is 0 Å². The zero-order valence-corrected chi connectivity index (χ0v) is 7.54. The van der Waals surface area contributed by atoms with Crippen molar-refractivity contribution in [1.29, 1.82) is 0 Å². The van der Waals surface area contributed by atoms with Gasteiger partial charge in [0.05, 0.1) is 6.04 Å². The van der Waals surface area contributed by atoms with Crippen molar-refractivity contribution in [3.05, 3.63) is 17.9 Å². The van der Waals surface area contributed by atoms with Crippen LogP contribution >= 0.6 is 0 Å². The van der Waals surface area contributed by atoms with Crippen molar-refractivity contribution < 1.29 is 17.4 Å². The van der Waals surface area contributed by atoms with Crippen LogP contribution in [0.25, 0.3) is 0 Å². The molecule has 0 aliphatic carbocycles. The molecule has 2 N–H and O–H groups in total. The predicted octanol–water partition coefficient (Wildman–Crippen LogP) is 0.561. The lowest BCUT2D eigenvalue weighted by Crippen LogP contribution is -2.34. The molecule has 13 heavy (non-hydrogen) atoms. The van der Waals surface area contributed by atoms with E-state index >= 15 is 0 Å². The molecule has 2 heterocycles. The fourth-order valence-corrected chi connectivity index (χ4v) is 1.63. The van der Waals surface area contributed by atoms with Gasteiger partial charge >= 0.3 is 10.1 Å². The number of hydrogen-bond donors (Lipinski definition) is 2. The smallest absolute Gasteiger partial charge is 0.328 e. The number of nitrogens with one attached hydrogen (secondary N) is 1. The van der Waals surface area contributed by atoms with Gasteiger partial charge in [-0.3, -0.25) is 4.55 Å². The minimum absolute atomic E-state index is 0.0931. The highest BCUT2D eigenvalue weighted by Crippen LogP contribution is 2.25. The largest absolute Gasteiger partial charge is 0.446 e. The van der Waals surface area contributed by atoms with E-state index in [4.69, 9.17) is 8.97 Å². The van der Waals surface area contributed by atoms with E-state index in [0.29, 0.717) is 5.76 Å². The van der Waals surface area contributed by atoms with Gasteiger partial charge in [0.1, 0.15) is 5.76 Å². The van der Waals surface area contributed by atoms with Crippen molar-refractivity contribution in [2.75, 3.05) is 6.54 Å². The predicted molar refractivity (Wildman–Crippen MR) is 43.9 cm³/mol. The lowest BCUT2D eigenvalue weighted by Gasteiger charge is -2.25. The Bertz CT molecular complexity index is 404. The Hall–Kier alpha value is -0.850. The molecule has 0 radical (unpaired) electrons. The second kappa shape index (κ2) is 2.83. The maximum Gasteiger partial charge on any atom is 0.328 e. The van der Waals surface area contributed by atoms with Gasteiger partial charge in [0.2, 0.25) is 5.09 Å². The summed E-state index contributed by atoms with van der Waals surface area (Å²) >= 11 is 0. The van der Waals surface area contributed by atoms with Crippen molar-refractivity contribution in [2.24, 2.45) is 0 Å². The fraction of sp³-hybridized carbons (Fsp3) is 0.429. The van der Waals surface area contributed by atoms with Gasteiger partial charge in [-0.25, -0.2) is 0 Å². The van der Waals surface area contributed by atoms with Gasteiger partial charge in [0, 0.05) is 0 Å².